The van der Waals surface area contributed by atoms with Crippen molar-refractivity contribution < 1.29 is 18.0 Å². The van der Waals surface area contributed by atoms with Gasteiger partial charge in [0, 0.05) is 17.6 Å². The molecular weight excluding hydrogens is 361 g/mol. The van der Waals surface area contributed by atoms with Gasteiger partial charge in [0.05, 0.1) is 5.92 Å². The van der Waals surface area contributed by atoms with Crippen LogP contribution in [-0.4, -0.2) is 30.1 Å². The number of likely N-dealkylation sites (tertiary alicyclic amines) is 1. The minimum absolute atomic E-state index is 0.0638. The second kappa shape index (κ2) is 6.20. The molecule has 1 aromatic rings. The number of benzene rings is 1. The summed E-state index contributed by atoms with van der Waals surface area (Å²) in [6, 6.07) is 7.04. The van der Waals surface area contributed by atoms with Crippen molar-refractivity contribution in [3.8, 4) is 0 Å². The molecule has 1 aromatic carbocycles. The highest BCUT2D eigenvalue weighted by atomic mass is 79.9. The maximum absolute atomic E-state index is 12.7. The Morgan fingerprint density at radius 3 is 2.18 bits per heavy atom. The molecule has 2 N–H and O–H groups in total. The van der Waals surface area contributed by atoms with E-state index in [1.807, 2.05) is 0 Å². The van der Waals surface area contributed by atoms with Crippen LogP contribution in [0.5, 0.6) is 0 Å². The summed E-state index contributed by atoms with van der Waals surface area (Å²) in [6.07, 6.45) is -4.32. The van der Waals surface area contributed by atoms with E-state index in [1.54, 1.807) is 31.2 Å². The van der Waals surface area contributed by atoms with Gasteiger partial charge in [0.2, 0.25) is 5.91 Å². The SMILES string of the molecule is CC(N)(C(=O)N1CCC(C(F)(F)F)CC1)c1ccc(Br)cc1. The van der Waals surface area contributed by atoms with Crippen LogP contribution in [0.1, 0.15) is 25.3 Å². The summed E-state index contributed by atoms with van der Waals surface area (Å²) in [5.74, 6) is -1.66. The van der Waals surface area contributed by atoms with Gasteiger partial charge in [0.1, 0.15) is 5.54 Å². The number of halogens is 4. The van der Waals surface area contributed by atoms with Gasteiger partial charge in [-0.2, -0.15) is 13.2 Å². The van der Waals surface area contributed by atoms with Crippen molar-refractivity contribution in [1.29, 1.82) is 0 Å². The second-order valence-electron chi connectivity index (χ2n) is 5.82. The van der Waals surface area contributed by atoms with E-state index in [4.69, 9.17) is 5.73 Å². The molecule has 1 fully saturated rings. The summed E-state index contributed by atoms with van der Waals surface area (Å²) in [6.45, 7) is 1.77. The Morgan fingerprint density at radius 2 is 1.73 bits per heavy atom. The fraction of sp³-hybridized carbons (Fsp3) is 0.533. The molecule has 1 aliphatic rings. The van der Waals surface area contributed by atoms with Crippen LogP contribution < -0.4 is 5.73 Å². The Kier molecular flexibility index (Phi) is 4.87. The third kappa shape index (κ3) is 3.63. The molecular formula is C15H18BrF3N2O. The van der Waals surface area contributed by atoms with Gasteiger partial charge in [-0.05, 0) is 37.5 Å². The van der Waals surface area contributed by atoms with Crippen LogP contribution in [0.3, 0.4) is 0 Å². The number of amides is 1. The topological polar surface area (TPSA) is 46.3 Å². The molecule has 1 saturated heterocycles. The first-order valence-electron chi connectivity index (χ1n) is 7.03. The summed E-state index contributed by atoms with van der Waals surface area (Å²) in [7, 11) is 0. The van der Waals surface area contributed by atoms with E-state index in [0.717, 1.165) is 4.47 Å². The molecule has 1 atom stereocenters. The molecule has 22 heavy (non-hydrogen) atoms. The number of hydrogen-bond donors (Lipinski definition) is 1. The van der Waals surface area contributed by atoms with Crippen LogP contribution in [0, 0.1) is 5.92 Å². The lowest BCUT2D eigenvalue weighted by Crippen LogP contribution is -2.53. The van der Waals surface area contributed by atoms with Gasteiger partial charge >= 0.3 is 6.18 Å². The number of alkyl halides is 3. The molecule has 2 rings (SSSR count). The first-order valence-corrected chi connectivity index (χ1v) is 7.82. The van der Waals surface area contributed by atoms with E-state index in [1.165, 1.54) is 4.90 Å². The molecule has 0 saturated carbocycles. The summed E-state index contributed by atoms with van der Waals surface area (Å²) < 4.78 is 38.9. The van der Waals surface area contributed by atoms with Crippen molar-refractivity contribution in [3.05, 3.63) is 34.3 Å². The number of nitrogens with two attached hydrogens (primary N) is 1. The number of nitrogens with zero attached hydrogens (tertiary/aromatic N) is 1. The van der Waals surface area contributed by atoms with E-state index in [-0.39, 0.29) is 31.8 Å². The van der Waals surface area contributed by atoms with E-state index in [9.17, 15) is 18.0 Å². The van der Waals surface area contributed by atoms with Gasteiger partial charge < -0.3 is 10.6 Å². The summed E-state index contributed by atoms with van der Waals surface area (Å²) >= 11 is 3.31. The number of hydrogen-bond acceptors (Lipinski definition) is 2. The zero-order valence-corrected chi connectivity index (χ0v) is 13.7. The maximum Gasteiger partial charge on any atom is 0.391 e. The normalized spacial score (nSPS) is 19.8. The molecule has 0 spiro atoms. The van der Waals surface area contributed by atoms with Crippen molar-refractivity contribution >= 4 is 21.8 Å². The van der Waals surface area contributed by atoms with Crippen LogP contribution in [-0.2, 0) is 10.3 Å². The molecule has 0 aliphatic carbocycles. The van der Waals surface area contributed by atoms with Crippen molar-refractivity contribution in [2.75, 3.05) is 13.1 Å². The third-order valence-electron chi connectivity index (χ3n) is 4.13. The lowest BCUT2D eigenvalue weighted by atomic mass is 9.89. The Bertz CT molecular complexity index is 535. The number of carbonyl (C=O) groups excluding carboxylic acids is 1. The predicted molar refractivity (Wildman–Crippen MR) is 81.0 cm³/mol. The monoisotopic (exact) mass is 378 g/mol. The Balaban J connectivity index is 2.07. The number of rotatable bonds is 2. The van der Waals surface area contributed by atoms with Crippen molar-refractivity contribution in [1.82, 2.24) is 4.90 Å². The standard InChI is InChI=1S/C15H18BrF3N2O/c1-14(20,10-2-4-12(16)5-3-10)13(22)21-8-6-11(7-9-21)15(17,18)19/h2-5,11H,6-9,20H2,1H3. The third-order valence-corrected chi connectivity index (χ3v) is 4.66. The van der Waals surface area contributed by atoms with Crippen LogP contribution in [0.15, 0.2) is 28.7 Å². The van der Waals surface area contributed by atoms with Gasteiger partial charge in [0.15, 0.2) is 0 Å². The maximum atomic E-state index is 12.7. The van der Waals surface area contributed by atoms with Crippen molar-refractivity contribution in [2.45, 2.75) is 31.5 Å². The molecule has 0 aromatic heterocycles. The van der Waals surface area contributed by atoms with Crippen molar-refractivity contribution in [3.63, 3.8) is 0 Å². The molecule has 1 amide bonds. The molecule has 0 radical (unpaired) electrons. The van der Waals surface area contributed by atoms with Crippen LogP contribution in [0.25, 0.3) is 0 Å². The first kappa shape index (κ1) is 17.3. The van der Waals surface area contributed by atoms with Crippen LogP contribution in [0.4, 0.5) is 13.2 Å². The average Bonchev–Trinajstić information content (AvgIpc) is 2.46. The van der Waals surface area contributed by atoms with Crippen LogP contribution in [0.2, 0.25) is 0 Å². The van der Waals surface area contributed by atoms with E-state index >= 15 is 0 Å². The van der Waals surface area contributed by atoms with E-state index in [0.29, 0.717) is 5.56 Å². The summed E-state index contributed by atoms with van der Waals surface area (Å²) in [5, 5.41) is 0. The zero-order chi connectivity index (χ0) is 16.5. The zero-order valence-electron chi connectivity index (χ0n) is 12.2. The van der Waals surface area contributed by atoms with Gasteiger partial charge in [-0.3, -0.25) is 4.79 Å². The second-order valence-corrected chi connectivity index (χ2v) is 6.73. The van der Waals surface area contributed by atoms with Crippen LogP contribution >= 0.6 is 15.9 Å². The summed E-state index contributed by atoms with van der Waals surface area (Å²) in [4.78, 5) is 14.0. The van der Waals surface area contributed by atoms with Gasteiger partial charge in [-0.1, -0.05) is 28.1 Å². The largest absolute Gasteiger partial charge is 0.391 e. The lowest BCUT2D eigenvalue weighted by Gasteiger charge is -2.37. The highest BCUT2D eigenvalue weighted by Crippen LogP contribution is 2.35. The van der Waals surface area contributed by atoms with E-state index in [2.05, 4.69) is 15.9 Å². The number of carbonyl (C=O) groups is 1. The highest BCUT2D eigenvalue weighted by Gasteiger charge is 2.43. The minimum atomic E-state index is -4.19. The smallest absolute Gasteiger partial charge is 0.341 e. The quantitative estimate of drug-likeness (QED) is 0.856. The van der Waals surface area contributed by atoms with Gasteiger partial charge in [-0.15, -0.1) is 0 Å². The highest BCUT2D eigenvalue weighted by molar-refractivity contribution is 9.10. The molecule has 122 valence electrons. The fourth-order valence-corrected chi connectivity index (χ4v) is 2.92. The molecule has 1 unspecified atom stereocenters. The average molecular weight is 379 g/mol. The lowest BCUT2D eigenvalue weighted by molar-refractivity contribution is -0.187. The Labute approximate surface area is 135 Å². The summed E-state index contributed by atoms with van der Waals surface area (Å²) in [5.41, 5.74) is 5.55. The van der Waals surface area contributed by atoms with Gasteiger partial charge in [-0.25, -0.2) is 0 Å². The fourth-order valence-electron chi connectivity index (χ4n) is 2.66. The van der Waals surface area contributed by atoms with Gasteiger partial charge in [0.25, 0.3) is 0 Å². The van der Waals surface area contributed by atoms with Crippen molar-refractivity contribution in [2.24, 2.45) is 11.7 Å². The molecule has 7 heteroatoms. The molecule has 1 aliphatic heterocycles. The predicted octanol–water partition coefficient (Wildman–Crippen LogP) is 3.42. The molecule has 0 bridgehead atoms. The number of piperidine rings is 1. The first-order chi connectivity index (χ1) is 10.1. The Hall–Kier alpha value is -1.08. The molecule has 3 nitrogen and oxygen atoms in total. The van der Waals surface area contributed by atoms with E-state index < -0.39 is 17.6 Å². The minimum Gasteiger partial charge on any atom is -0.341 e. The Morgan fingerprint density at radius 1 is 1.23 bits per heavy atom. The molecule has 1 heterocycles.